The predicted molar refractivity (Wildman–Crippen MR) is 106 cm³/mol. The van der Waals surface area contributed by atoms with Gasteiger partial charge in [-0.3, -0.25) is 0 Å². The first-order chi connectivity index (χ1) is 11.7. The summed E-state index contributed by atoms with van der Waals surface area (Å²) in [5.41, 5.74) is 8.02. The lowest BCUT2D eigenvalue weighted by atomic mass is 10.1. The lowest BCUT2D eigenvalue weighted by Crippen LogP contribution is -2.23. The SMILES string of the molecule is Cc1cc(C)cc(NC(N)=NCCOc2ccc(C(F)(F)F)cn2)c1.I. The van der Waals surface area contributed by atoms with Gasteiger partial charge < -0.3 is 15.8 Å². The van der Waals surface area contributed by atoms with Gasteiger partial charge in [-0.15, -0.1) is 24.0 Å². The molecule has 5 nitrogen and oxygen atoms in total. The molecule has 0 spiro atoms. The van der Waals surface area contributed by atoms with E-state index in [9.17, 15) is 13.2 Å². The number of ether oxygens (including phenoxy) is 1. The molecular weight excluding hydrogens is 460 g/mol. The molecular formula is C17H20F3IN4O. The van der Waals surface area contributed by atoms with Crippen LogP contribution in [0, 0.1) is 13.8 Å². The molecule has 1 heterocycles. The molecule has 0 radical (unpaired) electrons. The van der Waals surface area contributed by atoms with Crippen molar-refractivity contribution in [2.45, 2.75) is 20.0 Å². The van der Waals surface area contributed by atoms with Crippen LogP contribution < -0.4 is 15.8 Å². The van der Waals surface area contributed by atoms with Crippen LogP contribution in [-0.4, -0.2) is 24.1 Å². The Morgan fingerprint density at radius 2 is 1.85 bits per heavy atom. The topological polar surface area (TPSA) is 72.5 Å². The van der Waals surface area contributed by atoms with E-state index < -0.39 is 11.7 Å². The smallest absolute Gasteiger partial charge is 0.417 e. The molecule has 26 heavy (non-hydrogen) atoms. The minimum atomic E-state index is -4.41. The maximum absolute atomic E-state index is 12.4. The average Bonchev–Trinajstić information content (AvgIpc) is 2.50. The molecule has 0 aliphatic carbocycles. The zero-order chi connectivity index (χ0) is 18.4. The summed E-state index contributed by atoms with van der Waals surface area (Å²) in [7, 11) is 0. The number of aliphatic imine (C=N–C) groups is 1. The molecule has 0 atom stereocenters. The maximum Gasteiger partial charge on any atom is 0.417 e. The molecule has 0 aliphatic heterocycles. The van der Waals surface area contributed by atoms with Gasteiger partial charge in [0.2, 0.25) is 5.88 Å². The summed E-state index contributed by atoms with van der Waals surface area (Å²) in [5.74, 6) is 0.331. The zero-order valence-corrected chi connectivity index (χ0v) is 16.6. The molecule has 0 aliphatic rings. The van der Waals surface area contributed by atoms with Crippen molar-refractivity contribution in [3.05, 3.63) is 53.2 Å². The fourth-order valence-corrected chi connectivity index (χ4v) is 2.18. The number of alkyl halides is 3. The number of nitrogens with two attached hydrogens (primary N) is 1. The van der Waals surface area contributed by atoms with Gasteiger partial charge in [0.1, 0.15) is 6.61 Å². The van der Waals surface area contributed by atoms with Crippen LogP contribution in [0.1, 0.15) is 16.7 Å². The molecule has 0 saturated carbocycles. The van der Waals surface area contributed by atoms with E-state index in [2.05, 4.69) is 15.3 Å². The number of guanidine groups is 1. The van der Waals surface area contributed by atoms with Crippen LogP contribution in [0.25, 0.3) is 0 Å². The largest absolute Gasteiger partial charge is 0.476 e. The fraction of sp³-hybridized carbons (Fsp3) is 0.294. The van der Waals surface area contributed by atoms with Crippen LogP contribution in [-0.2, 0) is 6.18 Å². The molecule has 1 aromatic heterocycles. The first-order valence-corrected chi connectivity index (χ1v) is 7.55. The van der Waals surface area contributed by atoms with E-state index in [0.717, 1.165) is 29.1 Å². The molecule has 2 aromatic rings. The van der Waals surface area contributed by atoms with Crippen molar-refractivity contribution in [2.24, 2.45) is 10.7 Å². The summed E-state index contributed by atoms with van der Waals surface area (Å²) < 4.78 is 42.5. The van der Waals surface area contributed by atoms with Crippen LogP contribution >= 0.6 is 24.0 Å². The molecule has 0 saturated heterocycles. The van der Waals surface area contributed by atoms with Gasteiger partial charge in [0.25, 0.3) is 0 Å². The number of benzene rings is 1. The molecule has 1 aromatic carbocycles. The number of rotatable bonds is 5. The van der Waals surface area contributed by atoms with Gasteiger partial charge in [-0.05, 0) is 43.2 Å². The normalized spacial score (nSPS) is 11.7. The van der Waals surface area contributed by atoms with Crippen LogP contribution in [0.15, 0.2) is 41.5 Å². The second-order valence-electron chi connectivity index (χ2n) is 5.50. The van der Waals surface area contributed by atoms with E-state index in [1.54, 1.807) is 0 Å². The van der Waals surface area contributed by atoms with Gasteiger partial charge in [-0.25, -0.2) is 9.98 Å². The number of aromatic nitrogens is 1. The molecule has 0 fully saturated rings. The van der Waals surface area contributed by atoms with E-state index in [1.807, 2.05) is 32.0 Å². The highest BCUT2D eigenvalue weighted by Gasteiger charge is 2.30. The maximum atomic E-state index is 12.4. The second kappa shape index (κ2) is 9.60. The Bertz CT molecular complexity index is 728. The summed E-state index contributed by atoms with van der Waals surface area (Å²) in [4.78, 5) is 7.71. The minimum absolute atomic E-state index is 0. The van der Waals surface area contributed by atoms with Gasteiger partial charge in [-0.2, -0.15) is 13.2 Å². The van der Waals surface area contributed by atoms with E-state index in [0.29, 0.717) is 0 Å². The first-order valence-electron chi connectivity index (χ1n) is 7.55. The van der Waals surface area contributed by atoms with Crippen molar-refractivity contribution in [3.8, 4) is 5.88 Å². The summed E-state index contributed by atoms with van der Waals surface area (Å²) in [6.45, 7) is 4.35. The molecule has 2 rings (SSSR count). The minimum Gasteiger partial charge on any atom is -0.476 e. The standard InChI is InChI=1S/C17H19F3N4O.HI/c1-11-7-12(2)9-14(8-11)24-16(21)22-5-6-25-15-4-3-13(10-23-15)17(18,19)20;/h3-4,7-10H,5-6H2,1-2H3,(H3,21,22,24);1H. The number of pyridine rings is 1. The van der Waals surface area contributed by atoms with Gasteiger partial charge >= 0.3 is 6.18 Å². The molecule has 9 heteroatoms. The van der Waals surface area contributed by atoms with Crippen molar-refractivity contribution in [1.29, 1.82) is 0 Å². The van der Waals surface area contributed by atoms with E-state index in [4.69, 9.17) is 10.5 Å². The highest BCUT2D eigenvalue weighted by Crippen LogP contribution is 2.29. The molecule has 0 amide bonds. The van der Waals surface area contributed by atoms with Crippen molar-refractivity contribution >= 4 is 35.6 Å². The highest BCUT2D eigenvalue weighted by atomic mass is 127. The number of aryl methyl sites for hydroxylation is 2. The number of anilines is 1. The van der Waals surface area contributed by atoms with Gasteiger partial charge in [0.05, 0.1) is 12.1 Å². The molecule has 0 unspecified atom stereocenters. The van der Waals surface area contributed by atoms with Crippen molar-refractivity contribution in [1.82, 2.24) is 4.98 Å². The van der Waals surface area contributed by atoms with Crippen LogP contribution in [0.5, 0.6) is 5.88 Å². The van der Waals surface area contributed by atoms with Crippen molar-refractivity contribution in [2.75, 3.05) is 18.5 Å². The summed E-state index contributed by atoms with van der Waals surface area (Å²) in [6, 6.07) is 8.02. The average molecular weight is 480 g/mol. The highest BCUT2D eigenvalue weighted by molar-refractivity contribution is 14.0. The van der Waals surface area contributed by atoms with Crippen molar-refractivity contribution < 1.29 is 17.9 Å². The Morgan fingerprint density at radius 1 is 1.19 bits per heavy atom. The number of nitrogens with one attached hydrogen (secondary N) is 1. The molecule has 3 N–H and O–H groups in total. The summed E-state index contributed by atoms with van der Waals surface area (Å²) in [5, 5.41) is 2.98. The first kappa shape index (κ1) is 22.0. The Labute approximate surface area is 166 Å². The zero-order valence-electron chi connectivity index (χ0n) is 14.3. The van der Waals surface area contributed by atoms with Gasteiger partial charge in [-0.1, -0.05) is 6.07 Å². The lowest BCUT2D eigenvalue weighted by Gasteiger charge is -2.09. The number of nitrogens with zero attached hydrogens (tertiary/aromatic N) is 2. The Hall–Kier alpha value is -2.04. The van der Waals surface area contributed by atoms with Crippen LogP contribution in [0.3, 0.4) is 0 Å². The van der Waals surface area contributed by atoms with Gasteiger partial charge in [0.15, 0.2) is 5.96 Å². The van der Waals surface area contributed by atoms with E-state index >= 15 is 0 Å². The number of hydrogen-bond acceptors (Lipinski definition) is 3. The Kier molecular flexibility index (Phi) is 8.12. The summed E-state index contributed by atoms with van der Waals surface area (Å²) >= 11 is 0. The third kappa shape index (κ3) is 7.06. The molecule has 0 bridgehead atoms. The molecule has 142 valence electrons. The Morgan fingerprint density at radius 3 is 2.38 bits per heavy atom. The van der Waals surface area contributed by atoms with Gasteiger partial charge in [0, 0.05) is 18.0 Å². The van der Waals surface area contributed by atoms with Crippen molar-refractivity contribution in [3.63, 3.8) is 0 Å². The van der Waals surface area contributed by atoms with E-state index in [-0.39, 0.29) is 49.0 Å². The van der Waals surface area contributed by atoms with Crippen LogP contribution in [0.2, 0.25) is 0 Å². The Balaban J connectivity index is 0.00000338. The lowest BCUT2D eigenvalue weighted by molar-refractivity contribution is -0.137. The summed E-state index contributed by atoms with van der Waals surface area (Å²) in [6.07, 6.45) is -3.68. The van der Waals surface area contributed by atoms with E-state index in [1.165, 1.54) is 6.07 Å². The quantitative estimate of drug-likeness (QED) is 0.292. The van der Waals surface area contributed by atoms with Crippen LogP contribution in [0.4, 0.5) is 18.9 Å². The monoisotopic (exact) mass is 480 g/mol. The third-order valence-corrected chi connectivity index (χ3v) is 3.18. The second-order valence-corrected chi connectivity index (χ2v) is 5.50. The number of halogens is 4. The number of hydrogen-bond donors (Lipinski definition) is 2. The fourth-order valence-electron chi connectivity index (χ4n) is 2.18. The third-order valence-electron chi connectivity index (χ3n) is 3.18. The predicted octanol–water partition coefficient (Wildman–Crippen LogP) is 4.14.